The van der Waals surface area contributed by atoms with Crippen LogP contribution in [0.1, 0.15) is 44.7 Å². The molecule has 0 radical (unpaired) electrons. The van der Waals surface area contributed by atoms with Gasteiger partial charge in [-0.3, -0.25) is 0 Å². The molecular weight excluding hydrogens is 206 g/mol. The van der Waals surface area contributed by atoms with E-state index in [4.69, 9.17) is 17.3 Å². The molecule has 0 aliphatic heterocycles. The van der Waals surface area contributed by atoms with Crippen molar-refractivity contribution >= 4 is 11.6 Å². The predicted octanol–water partition coefficient (Wildman–Crippen LogP) is 3.88. The fraction of sp³-hybridized carbons (Fsp3) is 0.538. The van der Waals surface area contributed by atoms with E-state index >= 15 is 0 Å². The van der Waals surface area contributed by atoms with Crippen molar-refractivity contribution in [3.05, 3.63) is 34.3 Å². The Balaban J connectivity index is 3.29. The van der Waals surface area contributed by atoms with Crippen molar-refractivity contribution in [2.24, 2.45) is 5.73 Å². The quantitative estimate of drug-likeness (QED) is 0.827. The second-order valence-corrected chi connectivity index (χ2v) is 4.39. The van der Waals surface area contributed by atoms with Gasteiger partial charge >= 0.3 is 0 Å². The summed E-state index contributed by atoms with van der Waals surface area (Å²) in [6, 6.07) is 6.04. The number of hydrogen-bond donors (Lipinski definition) is 1. The molecule has 2 heteroatoms. The Kier molecular flexibility index (Phi) is 4.18. The van der Waals surface area contributed by atoms with Crippen LogP contribution in [0.4, 0.5) is 0 Å². The summed E-state index contributed by atoms with van der Waals surface area (Å²) in [4.78, 5) is 0. The van der Waals surface area contributed by atoms with Crippen molar-refractivity contribution in [3.63, 3.8) is 0 Å². The van der Waals surface area contributed by atoms with Gasteiger partial charge in [0.05, 0.1) is 0 Å². The van der Waals surface area contributed by atoms with E-state index in [9.17, 15) is 0 Å². The van der Waals surface area contributed by atoms with E-state index in [2.05, 4.69) is 26.8 Å². The number of nitrogens with two attached hydrogens (primary N) is 1. The maximum absolute atomic E-state index is 6.40. The molecule has 0 aromatic heterocycles. The van der Waals surface area contributed by atoms with Crippen LogP contribution in [0, 0.1) is 0 Å². The van der Waals surface area contributed by atoms with Gasteiger partial charge in [0.1, 0.15) is 0 Å². The van der Waals surface area contributed by atoms with E-state index in [0.29, 0.717) is 0 Å². The van der Waals surface area contributed by atoms with Gasteiger partial charge in [-0.2, -0.15) is 0 Å². The molecule has 1 rings (SSSR count). The maximum Gasteiger partial charge on any atom is 0.0441 e. The molecule has 0 atom stereocenters. The second kappa shape index (κ2) is 5.00. The first-order chi connectivity index (χ1) is 7.09. The lowest BCUT2D eigenvalue weighted by Crippen LogP contribution is -2.36. The Morgan fingerprint density at radius 1 is 1.20 bits per heavy atom. The number of halogens is 1. The van der Waals surface area contributed by atoms with Crippen LogP contribution in [0.25, 0.3) is 0 Å². The zero-order valence-electron chi connectivity index (χ0n) is 9.81. The van der Waals surface area contributed by atoms with E-state index in [1.54, 1.807) is 0 Å². The lowest BCUT2D eigenvalue weighted by Gasteiger charge is -2.30. The molecule has 0 aliphatic rings. The highest BCUT2D eigenvalue weighted by molar-refractivity contribution is 6.31. The fourth-order valence-electron chi connectivity index (χ4n) is 2.02. The Hall–Kier alpha value is -0.530. The van der Waals surface area contributed by atoms with Gasteiger partial charge in [0.25, 0.3) is 0 Å². The number of rotatable bonds is 4. The van der Waals surface area contributed by atoms with E-state index in [0.717, 1.165) is 24.3 Å². The van der Waals surface area contributed by atoms with Gasteiger partial charge in [-0.05, 0) is 36.5 Å². The largest absolute Gasteiger partial charge is 0.321 e. The highest BCUT2D eigenvalue weighted by Gasteiger charge is 2.25. The zero-order chi connectivity index (χ0) is 11.5. The molecule has 1 aromatic carbocycles. The van der Waals surface area contributed by atoms with Crippen molar-refractivity contribution in [3.8, 4) is 0 Å². The minimum absolute atomic E-state index is 0.226. The lowest BCUT2D eigenvalue weighted by atomic mass is 9.82. The first-order valence-corrected chi connectivity index (χ1v) is 6.03. The minimum atomic E-state index is -0.226. The van der Waals surface area contributed by atoms with Crippen LogP contribution < -0.4 is 5.73 Å². The molecule has 1 aromatic rings. The lowest BCUT2D eigenvalue weighted by molar-refractivity contribution is 0.409. The van der Waals surface area contributed by atoms with E-state index in [1.807, 2.05) is 12.1 Å². The normalized spacial score (nSPS) is 11.8. The summed E-state index contributed by atoms with van der Waals surface area (Å²) in [5, 5.41) is 0.840. The smallest absolute Gasteiger partial charge is 0.0441 e. The van der Waals surface area contributed by atoms with Crippen molar-refractivity contribution in [1.82, 2.24) is 0 Å². The predicted molar refractivity (Wildman–Crippen MR) is 67.3 cm³/mol. The Bertz CT molecular complexity index is 329. The van der Waals surface area contributed by atoms with Crippen LogP contribution in [0.15, 0.2) is 18.2 Å². The highest BCUT2D eigenvalue weighted by Crippen LogP contribution is 2.32. The van der Waals surface area contributed by atoms with Gasteiger partial charge in [-0.25, -0.2) is 0 Å². The van der Waals surface area contributed by atoms with Gasteiger partial charge in [0.15, 0.2) is 0 Å². The molecule has 0 saturated heterocycles. The van der Waals surface area contributed by atoms with Crippen LogP contribution in [-0.2, 0) is 12.0 Å². The number of hydrogen-bond acceptors (Lipinski definition) is 1. The number of benzene rings is 1. The maximum atomic E-state index is 6.40. The zero-order valence-corrected chi connectivity index (χ0v) is 10.6. The molecular formula is C13H20ClN. The van der Waals surface area contributed by atoms with E-state index < -0.39 is 0 Å². The van der Waals surface area contributed by atoms with Gasteiger partial charge in [-0.15, -0.1) is 0 Å². The molecule has 1 nitrogen and oxygen atoms in total. The first kappa shape index (κ1) is 12.5. The summed E-state index contributed by atoms with van der Waals surface area (Å²) in [5.74, 6) is 0. The molecule has 0 bridgehead atoms. The Morgan fingerprint density at radius 3 is 2.27 bits per heavy atom. The summed E-state index contributed by atoms with van der Waals surface area (Å²) in [7, 11) is 0. The van der Waals surface area contributed by atoms with Gasteiger partial charge in [0, 0.05) is 10.6 Å². The van der Waals surface area contributed by atoms with Crippen molar-refractivity contribution in [2.45, 2.75) is 45.6 Å². The molecule has 0 spiro atoms. The monoisotopic (exact) mass is 225 g/mol. The summed E-state index contributed by atoms with van der Waals surface area (Å²) < 4.78 is 0. The third-order valence-electron chi connectivity index (χ3n) is 3.27. The van der Waals surface area contributed by atoms with E-state index in [-0.39, 0.29) is 5.54 Å². The molecule has 0 unspecified atom stereocenters. The van der Waals surface area contributed by atoms with Crippen LogP contribution in [0.5, 0.6) is 0 Å². The van der Waals surface area contributed by atoms with Crippen molar-refractivity contribution < 1.29 is 0 Å². The molecule has 0 aliphatic carbocycles. The SMILES string of the molecule is CCc1c(Cl)cccc1C(N)(CC)CC. The van der Waals surface area contributed by atoms with E-state index in [1.165, 1.54) is 11.1 Å². The molecule has 0 amide bonds. The Labute approximate surface area is 97.6 Å². The fourth-order valence-corrected chi connectivity index (χ4v) is 2.32. The standard InChI is InChI=1S/C13H20ClN/c1-4-10-11(8-7-9-12(10)14)13(15,5-2)6-3/h7-9H,4-6,15H2,1-3H3. The third kappa shape index (κ3) is 2.35. The summed E-state index contributed by atoms with van der Waals surface area (Å²) >= 11 is 6.19. The average molecular weight is 226 g/mol. The topological polar surface area (TPSA) is 26.0 Å². The van der Waals surface area contributed by atoms with Gasteiger partial charge in [-0.1, -0.05) is 44.5 Å². The van der Waals surface area contributed by atoms with Crippen LogP contribution in [-0.4, -0.2) is 0 Å². The molecule has 15 heavy (non-hydrogen) atoms. The molecule has 0 saturated carbocycles. The average Bonchev–Trinajstić information content (AvgIpc) is 2.27. The molecule has 0 fully saturated rings. The molecule has 0 heterocycles. The Morgan fingerprint density at radius 2 is 1.80 bits per heavy atom. The van der Waals surface area contributed by atoms with Crippen LogP contribution in [0.3, 0.4) is 0 Å². The minimum Gasteiger partial charge on any atom is -0.321 e. The van der Waals surface area contributed by atoms with Crippen LogP contribution >= 0.6 is 11.6 Å². The molecule has 84 valence electrons. The highest BCUT2D eigenvalue weighted by atomic mass is 35.5. The van der Waals surface area contributed by atoms with Crippen molar-refractivity contribution in [2.75, 3.05) is 0 Å². The van der Waals surface area contributed by atoms with Crippen molar-refractivity contribution in [1.29, 1.82) is 0 Å². The van der Waals surface area contributed by atoms with Crippen LogP contribution in [0.2, 0.25) is 5.02 Å². The summed E-state index contributed by atoms with van der Waals surface area (Å²) in [6.07, 6.45) is 2.82. The summed E-state index contributed by atoms with van der Waals surface area (Å²) in [6.45, 7) is 6.38. The second-order valence-electron chi connectivity index (χ2n) is 3.98. The molecule has 2 N–H and O–H groups in total. The van der Waals surface area contributed by atoms with Gasteiger partial charge < -0.3 is 5.73 Å². The van der Waals surface area contributed by atoms with Gasteiger partial charge in [0.2, 0.25) is 0 Å². The summed E-state index contributed by atoms with van der Waals surface area (Å²) in [5.41, 5.74) is 8.59. The first-order valence-electron chi connectivity index (χ1n) is 5.65. The third-order valence-corrected chi connectivity index (χ3v) is 3.62.